The molecule has 2 heterocycles. The molecule has 1 saturated carbocycles. The van der Waals surface area contributed by atoms with Gasteiger partial charge in [0, 0.05) is 37.3 Å². The maximum atomic E-state index is 13.0. The zero-order valence-electron chi connectivity index (χ0n) is 15.3. The van der Waals surface area contributed by atoms with Crippen molar-refractivity contribution in [2.75, 3.05) is 19.6 Å². The predicted molar refractivity (Wildman–Crippen MR) is 98.1 cm³/mol. The minimum Gasteiger partial charge on any atom is -0.481 e. The number of carboxylic acid groups (broad SMARTS) is 1. The van der Waals surface area contributed by atoms with Crippen LogP contribution in [0.3, 0.4) is 0 Å². The summed E-state index contributed by atoms with van der Waals surface area (Å²) in [7, 11) is 0. The number of rotatable bonds is 6. The number of halogens is 1. The summed E-state index contributed by atoms with van der Waals surface area (Å²) in [6.45, 7) is 2.15. The van der Waals surface area contributed by atoms with E-state index in [1.807, 2.05) is 0 Å². The molecule has 1 aromatic carbocycles. The molecule has 2 fully saturated rings. The predicted octanol–water partition coefficient (Wildman–Crippen LogP) is 2.40. The molecule has 0 radical (unpaired) electrons. The van der Waals surface area contributed by atoms with E-state index < -0.39 is 23.8 Å². The Balaban J connectivity index is 1.41. The molecule has 2 aromatic rings. The van der Waals surface area contributed by atoms with Crippen molar-refractivity contribution in [3.8, 4) is 11.3 Å². The highest BCUT2D eigenvalue weighted by atomic mass is 19.1. The van der Waals surface area contributed by atoms with Gasteiger partial charge in [0.2, 0.25) is 0 Å². The zero-order chi connectivity index (χ0) is 19.7. The number of amides is 1. The number of aliphatic carboxylic acids is 1. The summed E-state index contributed by atoms with van der Waals surface area (Å²) in [6.07, 6.45) is 3.02. The Morgan fingerprint density at radius 1 is 1.25 bits per heavy atom. The minimum absolute atomic E-state index is 0.0730. The van der Waals surface area contributed by atoms with Crippen LogP contribution in [0.1, 0.15) is 29.8 Å². The molecule has 1 aromatic heterocycles. The zero-order valence-corrected chi connectivity index (χ0v) is 15.3. The Labute approximate surface area is 161 Å². The van der Waals surface area contributed by atoms with Gasteiger partial charge in [0.05, 0.1) is 5.92 Å². The molecule has 2 N–H and O–H groups in total. The number of carbonyl (C=O) groups is 2. The lowest BCUT2D eigenvalue weighted by Crippen LogP contribution is -2.53. The van der Waals surface area contributed by atoms with Crippen LogP contribution < -0.4 is 5.32 Å². The second-order valence-corrected chi connectivity index (χ2v) is 7.60. The van der Waals surface area contributed by atoms with Gasteiger partial charge in [-0.3, -0.25) is 9.59 Å². The van der Waals surface area contributed by atoms with Crippen molar-refractivity contribution in [1.29, 1.82) is 0 Å². The Hall–Kier alpha value is -2.74. The number of benzene rings is 1. The van der Waals surface area contributed by atoms with E-state index in [-0.39, 0.29) is 11.5 Å². The second kappa shape index (κ2) is 7.71. The molecule has 148 valence electrons. The van der Waals surface area contributed by atoms with Gasteiger partial charge in [0.25, 0.3) is 5.91 Å². The lowest BCUT2D eigenvalue weighted by atomic mass is 9.91. The molecule has 7 nitrogen and oxygen atoms in total. The number of carbonyl (C=O) groups excluding carboxylic acids is 1. The van der Waals surface area contributed by atoms with Gasteiger partial charge in [-0.2, -0.15) is 0 Å². The Morgan fingerprint density at radius 3 is 2.68 bits per heavy atom. The van der Waals surface area contributed by atoms with E-state index in [0.717, 1.165) is 13.1 Å². The topological polar surface area (TPSA) is 95.7 Å². The summed E-state index contributed by atoms with van der Waals surface area (Å²) in [5, 5.41) is 16.2. The molecule has 1 saturated heterocycles. The monoisotopic (exact) mass is 387 g/mol. The second-order valence-electron chi connectivity index (χ2n) is 7.60. The molecule has 8 heteroatoms. The minimum atomic E-state index is -0.905. The van der Waals surface area contributed by atoms with Gasteiger partial charge in [-0.05, 0) is 49.4 Å². The van der Waals surface area contributed by atoms with Crippen molar-refractivity contribution in [2.24, 2.45) is 11.8 Å². The van der Waals surface area contributed by atoms with E-state index in [0.29, 0.717) is 30.2 Å². The lowest BCUT2D eigenvalue weighted by Gasteiger charge is -2.36. The van der Waals surface area contributed by atoms with Crippen molar-refractivity contribution in [3.63, 3.8) is 0 Å². The molecule has 1 amide bonds. The van der Waals surface area contributed by atoms with E-state index in [1.54, 1.807) is 0 Å². The number of hydrogen-bond donors (Lipinski definition) is 2. The molecular weight excluding hydrogens is 365 g/mol. The standard InChI is InChI=1S/C20H22FN3O4/c21-14-5-3-13(4-6-14)18-9-17(23-28-18)19(25)22-16-7-8-24(10-12-1-2-12)11-15(16)20(26)27/h3-6,9,12,15-16H,1-2,7-8,10-11H2,(H,22,25)(H,26,27)/t15-,16-/m1/s1. The normalized spacial score (nSPS) is 22.8. The van der Waals surface area contributed by atoms with Crippen LogP contribution in [0.15, 0.2) is 34.9 Å². The number of aromatic nitrogens is 1. The maximum absolute atomic E-state index is 13.0. The summed E-state index contributed by atoms with van der Waals surface area (Å²) in [5.41, 5.74) is 0.675. The quantitative estimate of drug-likeness (QED) is 0.790. The molecule has 28 heavy (non-hydrogen) atoms. The number of hydrogen-bond acceptors (Lipinski definition) is 5. The first-order chi connectivity index (χ1) is 13.5. The van der Waals surface area contributed by atoms with Gasteiger partial charge in [-0.1, -0.05) is 5.16 Å². The van der Waals surface area contributed by atoms with Crippen molar-refractivity contribution >= 4 is 11.9 Å². The number of likely N-dealkylation sites (tertiary alicyclic amines) is 1. The highest BCUT2D eigenvalue weighted by Gasteiger charge is 2.37. The third-order valence-corrected chi connectivity index (χ3v) is 5.42. The van der Waals surface area contributed by atoms with Gasteiger partial charge in [0.1, 0.15) is 5.82 Å². The number of carboxylic acids is 1. The van der Waals surface area contributed by atoms with Gasteiger partial charge in [-0.15, -0.1) is 0 Å². The fourth-order valence-electron chi connectivity index (χ4n) is 3.65. The fraction of sp³-hybridized carbons (Fsp3) is 0.450. The molecule has 0 bridgehead atoms. The molecular formula is C20H22FN3O4. The average molecular weight is 387 g/mol. The van der Waals surface area contributed by atoms with Crippen molar-refractivity contribution in [3.05, 3.63) is 41.8 Å². The van der Waals surface area contributed by atoms with E-state index in [9.17, 15) is 19.1 Å². The summed E-state index contributed by atoms with van der Waals surface area (Å²) >= 11 is 0. The van der Waals surface area contributed by atoms with E-state index in [1.165, 1.54) is 43.2 Å². The van der Waals surface area contributed by atoms with Crippen LogP contribution in [0.2, 0.25) is 0 Å². The van der Waals surface area contributed by atoms with Crippen molar-refractivity contribution < 1.29 is 23.6 Å². The summed E-state index contributed by atoms with van der Waals surface area (Å²) < 4.78 is 18.2. The maximum Gasteiger partial charge on any atom is 0.309 e. The number of nitrogens with one attached hydrogen (secondary N) is 1. The first-order valence-corrected chi connectivity index (χ1v) is 9.48. The van der Waals surface area contributed by atoms with Crippen LogP contribution in [0.4, 0.5) is 4.39 Å². The van der Waals surface area contributed by atoms with Crippen LogP contribution in [0.25, 0.3) is 11.3 Å². The molecule has 1 aliphatic carbocycles. The molecule has 2 aliphatic rings. The highest BCUT2D eigenvalue weighted by Crippen LogP contribution is 2.31. The Kier molecular flexibility index (Phi) is 5.13. The summed E-state index contributed by atoms with van der Waals surface area (Å²) in [5.74, 6) is -1.35. The first-order valence-electron chi connectivity index (χ1n) is 9.48. The fourth-order valence-corrected chi connectivity index (χ4v) is 3.65. The lowest BCUT2D eigenvalue weighted by molar-refractivity contribution is -0.144. The van der Waals surface area contributed by atoms with Gasteiger partial charge >= 0.3 is 5.97 Å². The number of nitrogens with zero attached hydrogens (tertiary/aromatic N) is 2. The van der Waals surface area contributed by atoms with Gasteiger partial charge in [0.15, 0.2) is 11.5 Å². The molecule has 4 rings (SSSR count). The van der Waals surface area contributed by atoms with Crippen LogP contribution in [0.5, 0.6) is 0 Å². The van der Waals surface area contributed by atoms with Crippen LogP contribution in [0, 0.1) is 17.7 Å². The Bertz CT molecular complexity index is 863. The smallest absolute Gasteiger partial charge is 0.309 e. The third kappa shape index (κ3) is 4.22. The highest BCUT2D eigenvalue weighted by molar-refractivity contribution is 5.93. The van der Waals surface area contributed by atoms with Crippen molar-refractivity contribution in [1.82, 2.24) is 15.4 Å². The van der Waals surface area contributed by atoms with E-state index >= 15 is 0 Å². The van der Waals surface area contributed by atoms with Crippen LogP contribution >= 0.6 is 0 Å². The van der Waals surface area contributed by atoms with Crippen LogP contribution in [-0.4, -0.2) is 52.7 Å². The van der Waals surface area contributed by atoms with Gasteiger partial charge in [-0.25, -0.2) is 4.39 Å². The van der Waals surface area contributed by atoms with E-state index in [2.05, 4.69) is 15.4 Å². The molecule has 1 aliphatic heterocycles. The third-order valence-electron chi connectivity index (χ3n) is 5.42. The average Bonchev–Trinajstić information content (AvgIpc) is 3.35. The summed E-state index contributed by atoms with van der Waals surface area (Å²) in [4.78, 5) is 26.4. The van der Waals surface area contributed by atoms with Crippen LogP contribution in [-0.2, 0) is 4.79 Å². The first kappa shape index (κ1) is 18.6. The molecule has 0 unspecified atom stereocenters. The van der Waals surface area contributed by atoms with E-state index in [4.69, 9.17) is 4.52 Å². The number of piperidine rings is 1. The Morgan fingerprint density at radius 2 is 2.00 bits per heavy atom. The SMILES string of the molecule is O=C(N[C@@H]1CCN(CC2CC2)C[C@H]1C(=O)O)c1cc(-c2ccc(F)cc2)on1. The largest absolute Gasteiger partial charge is 0.481 e. The van der Waals surface area contributed by atoms with Gasteiger partial charge < -0.3 is 19.8 Å². The molecule has 0 spiro atoms. The molecule has 2 atom stereocenters. The summed E-state index contributed by atoms with van der Waals surface area (Å²) in [6, 6.07) is 6.68. The van der Waals surface area contributed by atoms with Crippen molar-refractivity contribution in [2.45, 2.75) is 25.3 Å².